The molecule has 0 bridgehead atoms. The van der Waals surface area contributed by atoms with E-state index in [9.17, 15) is 0 Å². The van der Waals surface area contributed by atoms with Gasteiger partial charge in [-0.2, -0.15) is 0 Å². The molecule has 0 aliphatic rings. The van der Waals surface area contributed by atoms with Gasteiger partial charge >= 0.3 is 0 Å². The van der Waals surface area contributed by atoms with E-state index in [-0.39, 0.29) is 12.2 Å². The lowest BCUT2D eigenvalue weighted by atomic mass is 10.1. The van der Waals surface area contributed by atoms with Crippen LogP contribution in [0, 0.1) is 5.92 Å². The van der Waals surface area contributed by atoms with Crippen LogP contribution in [0.15, 0.2) is 0 Å². The van der Waals surface area contributed by atoms with E-state index >= 15 is 0 Å². The van der Waals surface area contributed by atoms with Crippen molar-refractivity contribution in [2.75, 3.05) is 19.8 Å². The van der Waals surface area contributed by atoms with E-state index < -0.39 is 0 Å². The minimum atomic E-state index is 0.0474. The summed E-state index contributed by atoms with van der Waals surface area (Å²) in [6.45, 7) is 10.1. The maximum Gasteiger partial charge on any atom is 0.0930 e. The third-order valence-corrected chi connectivity index (χ3v) is 2.15. The van der Waals surface area contributed by atoms with Crippen LogP contribution in [-0.4, -0.2) is 32.0 Å². The van der Waals surface area contributed by atoms with Crippen molar-refractivity contribution >= 4 is 0 Å². The minimum absolute atomic E-state index is 0.0474. The first kappa shape index (κ1) is 12.9. The van der Waals surface area contributed by atoms with Crippen molar-refractivity contribution in [3.05, 3.63) is 0 Å². The highest BCUT2D eigenvalue weighted by Gasteiger charge is 2.11. The van der Waals surface area contributed by atoms with Gasteiger partial charge in [0.05, 0.1) is 18.8 Å². The fourth-order valence-electron chi connectivity index (χ4n) is 0.871. The van der Waals surface area contributed by atoms with Crippen LogP contribution in [-0.2, 0) is 9.47 Å². The van der Waals surface area contributed by atoms with Crippen molar-refractivity contribution in [2.24, 2.45) is 11.7 Å². The highest BCUT2D eigenvalue weighted by Crippen LogP contribution is 2.06. The number of hydrogen-bond donors (Lipinski definition) is 1. The van der Waals surface area contributed by atoms with Gasteiger partial charge in [0.15, 0.2) is 0 Å². The van der Waals surface area contributed by atoms with Gasteiger partial charge in [-0.3, -0.25) is 0 Å². The summed E-state index contributed by atoms with van der Waals surface area (Å²) in [4.78, 5) is 0. The molecular formula is C10H23NO2. The van der Waals surface area contributed by atoms with Gasteiger partial charge < -0.3 is 15.2 Å². The summed E-state index contributed by atoms with van der Waals surface area (Å²) in [6.07, 6.45) is 0.320. The van der Waals surface area contributed by atoms with E-state index in [0.29, 0.717) is 25.7 Å². The first-order chi connectivity index (χ1) is 6.11. The van der Waals surface area contributed by atoms with Gasteiger partial charge in [0.2, 0.25) is 0 Å². The van der Waals surface area contributed by atoms with Crippen LogP contribution in [0.4, 0.5) is 0 Å². The van der Waals surface area contributed by atoms with Crippen molar-refractivity contribution in [2.45, 2.75) is 39.9 Å². The molecule has 0 saturated heterocycles. The Kier molecular flexibility index (Phi) is 7.23. The number of hydrogen-bond acceptors (Lipinski definition) is 3. The predicted octanol–water partition coefficient (Wildman–Crippen LogP) is 1.41. The van der Waals surface area contributed by atoms with Crippen LogP contribution in [0.3, 0.4) is 0 Å². The smallest absolute Gasteiger partial charge is 0.0930 e. The van der Waals surface area contributed by atoms with Crippen molar-refractivity contribution in [3.63, 3.8) is 0 Å². The van der Waals surface area contributed by atoms with Crippen LogP contribution >= 0.6 is 0 Å². The summed E-state index contributed by atoms with van der Waals surface area (Å²) in [6, 6.07) is 0. The molecule has 0 fully saturated rings. The average molecular weight is 189 g/mol. The first-order valence-electron chi connectivity index (χ1n) is 5.05. The number of ether oxygens (including phenoxy) is 2. The topological polar surface area (TPSA) is 44.5 Å². The Morgan fingerprint density at radius 3 is 2.15 bits per heavy atom. The quantitative estimate of drug-likeness (QED) is 0.658. The van der Waals surface area contributed by atoms with E-state index in [1.54, 1.807) is 0 Å². The largest absolute Gasteiger partial charge is 0.375 e. The molecule has 0 aromatic rings. The molecule has 0 amide bonds. The summed E-state index contributed by atoms with van der Waals surface area (Å²) in [5.41, 5.74) is 5.52. The monoisotopic (exact) mass is 189 g/mol. The molecular weight excluding hydrogens is 166 g/mol. The van der Waals surface area contributed by atoms with Crippen LogP contribution in [0.2, 0.25) is 0 Å². The van der Waals surface area contributed by atoms with Gasteiger partial charge in [-0.15, -0.1) is 0 Å². The van der Waals surface area contributed by atoms with Gasteiger partial charge in [0.25, 0.3) is 0 Å². The minimum Gasteiger partial charge on any atom is -0.375 e. The molecule has 2 N–H and O–H groups in total. The molecule has 0 spiro atoms. The molecule has 2 atom stereocenters. The van der Waals surface area contributed by atoms with Gasteiger partial charge in [0, 0.05) is 13.2 Å². The summed E-state index contributed by atoms with van der Waals surface area (Å²) >= 11 is 0. The van der Waals surface area contributed by atoms with Crippen molar-refractivity contribution in [3.8, 4) is 0 Å². The van der Waals surface area contributed by atoms with E-state index in [1.807, 2.05) is 6.92 Å². The predicted molar refractivity (Wildman–Crippen MR) is 54.7 cm³/mol. The second-order valence-electron chi connectivity index (χ2n) is 3.60. The van der Waals surface area contributed by atoms with E-state index in [0.717, 1.165) is 0 Å². The normalized spacial score (nSPS) is 16.2. The second kappa shape index (κ2) is 7.30. The Hall–Kier alpha value is -0.120. The van der Waals surface area contributed by atoms with Crippen LogP contribution < -0.4 is 5.73 Å². The Labute approximate surface area is 81.6 Å². The van der Waals surface area contributed by atoms with Crippen molar-refractivity contribution in [1.82, 2.24) is 0 Å². The molecule has 3 nitrogen and oxygen atoms in total. The Morgan fingerprint density at radius 1 is 1.15 bits per heavy atom. The first-order valence-corrected chi connectivity index (χ1v) is 5.05. The number of nitrogens with two attached hydrogens (primary N) is 1. The van der Waals surface area contributed by atoms with Crippen LogP contribution in [0.5, 0.6) is 0 Å². The molecule has 0 aliphatic carbocycles. The highest BCUT2D eigenvalue weighted by atomic mass is 16.5. The van der Waals surface area contributed by atoms with Crippen LogP contribution in [0.25, 0.3) is 0 Å². The van der Waals surface area contributed by atoms with Crippen molar-refractivity contribution < 1.29 is 9.47 Å². The molecule has 0 radical (unpaired) electrons. The van der Waals surface area contributed by atoms with E-state index in [2.05, 4.69) is 20.8 Å². The molecule has 0 aromatic heterocycles. The summed E-state index contributed by atoms with van der Waals surface area (Å²) in [5.74, 6) is 0.542. The Bertz CT molecular complexity index is 117. The van der Waals surface area contributed by atoms with Crippen LogP contribution in [0.1, 0.15) is 27.7 Å². The zero-order chi connectivity index (χ0) is 10.3. The SMILES string of the molecule is CCOC(CN)COC(C)C(C)C. The number of rotatable bonds is 7. The molecule has 0 saturated carbocycles. The third kappa shape index (κ3) is 6.02. The summed E-state index contributed by atoms with van der Waals surface area (Å²) in [7, 11) is 0. The van der Waals surface area contributed by atoms with Gasteiger partial charge in [-0.05, 0) is 19.8 Å². The van der Waals surface area contributed by atoms with E-state index in [4.69, 9.17) is 15.2 Å². The lowest BCUT2D eigenvalue weighted by Gasteiger charge is -2.21. The Morgan fingerprint density at radius 2 is 1.77 bits per heavy atom. The lowest BCUT2D eigenvalue weighted by Crippen LogP contribution is -2.31. The maximum absolute atomic E-state index is 5.60. The van der Waals surface area contributed by atoms with E-state index in [1.165, 1.54) is 0 Å². The molecule has 13 heavy (non-hydrogen) atoms. The molecule has 80 valence electrons. The average Bonchev–Trinajstić information content (AvgIpc) is 2.11. The molecule has 2 unspecified atom stereocenters. The second-order valence-corrected chi connectivity index (χ2v) is 3.60. The third-order valence-electron chi connectivity index (χ3n) is 2.15. The van der Waals surface area contributed by atoms with Gasteiger partial charge in [0.1, 0.15) is 0 Å². The molecule has 0 aromatic carbocycles. The fraction of sp³-hybridized carbons (Fsp3) is 1.00. The summed E-state index contributed by atoms with van der Waals surface area (Å²) < 4.78 is 11.0. The molecule has 0 rings (SSSR count). The highest BCUT2D eigenvalue weighted by molar-refractivity contribution is 4.60. The van der Waals surface area contributed by atoms with Gasteiger partial charge in [-0.25, -0.2) is 0 Å². The van der Waals surface area contributed by atoms with Gasteiger partial charge in [-0.1, -0.05) is 13.8 Å². The standard InChI is InChI=1S/C10H23NO2/c1-5-12-10(6-11)7-13-9(4)8(2)3/h8-10H,5-7,11H2,1-4H3. The Balaban J connectivity index is 3.58. The fourth-order valence-corrected chi connectivity index (χ4v) is 0.871. The summed E-state index contributed by atoms with van der Waals surface area (Å²) in [5, 5.41) is 0. The molecule has 3 heteroatoms. The zero-order valence-electron chi connectivity index (χ0n) is 9.25. The maximum atomic E-state index is 5.60. The van der Waals surface area contributed by atoms with Crippen molar-refractivity contribution in [1.29, 1.82) is 0 Å². The molecule has 0 heterocycles. The zero-order valence-corrected chi connectivity index (χ0v) is 9.25. The molecule has 0 aliphatic heterocycles. The lowest BCUT2D eigenvalue weighted by molar-refractivity contribution is -0.0440.